The first kappa shape index (κ1) is 18.4. The Bertz CT molecular complexity index is 673. The van der Waals surface area contributed by atoms with Gasteiger partial charge < -0.3 is 19.1 Å². The van der Waals surface area contributed by atoms with Crippen molar-refractivity contribution in [1.82, 2.24) is 4.90 Å². The lowest BCUT2D eigenvalue weighted by atomic mass is 9.86. The fourth-order valence-corrected chi connectivity index (χ4v) is 3.04. The van der Waals surface area contributed by atoms with Crippen LogP contribution in [0.15, 0.2) is 30.3 Å². The third kappa shape index (κ3) is 3.47. The second-order valence-corrected chi connectivity index (χ2v) is 5.45. The lowest BCUT2D eigenvalue weighted by molar-refractivity contribution is -0.159. The maximum absolute atomic E-state index is 12.8. The Hall–Kier alpha value is -2.90. The number of carbonyl (C=O) groups excluding carboxylic acids is 4. The minimum atomic E-state index is -1.38. The Morgan fingerprint density at radius 2 is 1.56 bits per heavy atom. The van der Waals surface area contributed by atoms with Gasteiger partial charge in [0.05, 0.1) is 27.4 Å². The summed E-state index contributed by atoms with van der Waals surface area (Å²) in [5.74, 6) is -5.44. The van der Waals surface area contributed by atoms with E-state index in [2.05, 4.69) is 9.47 Å². The molecule has 1 saturated heterocycles. The number of carbonyl (C=O) groups is 4. The molecule has 0 N–H and O–H groups in total. The molecule has 0 spiro atoms. The quantitative estimate of drug-likeness (QED) is 0.429. The molecule has 8 nitrogen and oxygen atoms in total. The van der Waals surface area contributed by atoms with E-state index in [0.29, 0.717) is 5.56 Å². The monoisotopic (exact) mass is 349 g/mol. The Kier molecular flexibility index (Phi) is 5.74. The molecule has 1 amide bonds. The molecule has 1 heterocycles. The molecule has 0 aromatic heterocycles. The van der Waals surface area contributed by atoms with E-state index in [9.17, 15) is 19.2 Å². The minimum Gasteiger partial charge on any atom is -0.469 e. The molecule has 134 valence electrons. The number of benzene rings is 1. The van der Waals surface area contributed by atoms with E-state index in [4.69, 9.17) is 4.74 Å². The van der Waals surface area contributed by atoms with E-state index < -0.39 is 48.2 Å². The van der Waals surface area contributed by atoms with Crippen LogP contribution in [0.5, 0.6) is 0 Å². The lowest BCUT2D eigenvalue weighted by Crippen LogP contribution is -2.36. The van der Waals surface area contributed by atoms with E-state index in [0.717, 1.165) is 12.0 Å². The third-order valence-corrected chi connectivity index (χ3v) is 4.18. The second-order valence-electron chi connectivity index (χ2n) is 5.45. The number of amides is 1. The molecule has 0 radical (unpaired) electrons. The molecule has 25 heavy (non-hydrogen) atoms. The van der Waals surface area contributed by atoms with Gasteiger partial charge in [-0.15, -0.1) is 0 Å². The van der Waals surface area contributed by atoms with Gasteiger partial charge in [0.1, 0.15) is 12.5 Å². The van der Waals surface area contributed by atoms with Gasteiger partial charge in [-0.1, -0.05) is 30.3 Å². The van der Waals surface area contributed by atoms with Gasteiger partial charge in [0, 0.05) is 0 Å². The van der Waals surface area contributed by atoms with E-state index in [1.165, 1.54) is 14.2 Å². The highest BCUT2D eigenvalue weighted by molar-refractivity contribution is 6.05. The van der Waals surface area contributed by atoms with Crippen molar-refractivity contribution in [3.05, 3.63) is 35.9 Å². The molecule has 1 aromatic rings. The molecule has 0 bridgehead atoms. The summed E-state index contributed by atoms with van der Waals surface area (Å²) in [4.78, 5) is 50.2. The summed E-state index contributed by atoms with van der Waals surface area (Å²) in [5.41, 5.74) is 0.599. The highest BCUT2D eigenvalue weighted by atomic mass is 16.5. The zero-order valence-corrected chi connectivity index (χ0v) is 14.1. The minimum absolute atomic E-state index is 0.393. The number of esters is 3. The fraction of sp³-hybridized carbons (Fsp3) is 0.412. The molecular formula is C17H19NO7. The first-order valence-corrected chi connectivity index (χ1v) is 7.54. The lowest BCUT2D eigenvalue weighted by Gasteiger charge is -2.26. The number of rotatable bonds is 5. The zero-order chi connectivity index (χ0) is 18.6. The molecule has 1 fully saturated rings. The van der Waals surface area contributed by atoms with Gasteiger partial charge >= 0.3 is 17.9 Å². The van der Waals surface area contributed by atoms with Gasteiger partial charge in [0.2, 0.25) is 5.91 Å². The summed E-state index contributed by atoms with van der Waals surface area (Å²) >= 11 is 0. The average molecular weight is 349 g/mol. The maximum Gasteiger partial charge on any atom is 0.325 e. The Labute approximate surface area is 144 Å². The number of nitrogens with zero attached hydrogens (tertiary/aromatic N) is 1. The van der Waals surface area contributed by atoms with Crippen LogP contribution in [0.4, 0.5) is 0 Å². The van der Waals surface area contributed by atoms with Crippen LogP contribution in [-0.2, 0) is 33.4 Å². The van der Waals surface area contributed by atoms with Gasteiger partial charge in [-0.25, -0.2) is 0 Å². The normalized spacial score (nSPS) is 22.4. The van der Waals surface area contributed by atoms with Crippen molar-refractivity contribution in [3.8, 4) is 0 Å². The number of ether oxygens (including phenoxy) is 3. The van der Waals surface area contributed by atoms with Crippen molar-refractivity contribution in [2.24, 2.45) is 11.8 Å². The zero-order valence-electron chi connectivity index (χ0n) is 14.1. The van der Waals surface area contributed by atoms with Crippen molar-refractivity contribution in [2.75, 3.05) is 27.9 Å². The van der Waals surface area contributed by atoms with E-state index in [-0.39, 0.29) is 0 Å². The molecule has 1 aromatic carbocycles. The highest BCUT2D eigenvalue weighted by Crippen LogP contribution is 2.42. The van der Waals surface area contributed by atoms with Crippen LogP contribution in [0.25, 0.3) is 0 Å². The number of hydrogen-bond donors (Lipinski definition) is 0. The smallest absolute Gasteiger partial charge is 0.325 e. The third-order valence-electron chi connectivity index (χ3n) is 4.18. The van der Waals surface area contributed by atoms with Crippen LogP contribution >= 0.6 is 0 Å². The SMILES string of the molecule is COC(=O)CN1C(=O)C(C(=O)OC)C(C(=O)OC)C1c1ccccc1. The van der Waals surface area contributed by atoms with E-state index in [1.807, 2.05) is 0 Å². The van der Waals surface area contributed by atoms with Crippen LogP contribution in [0.2, 0.25) is 0 Å². The molecule has 3 atom stereocenters. The molecule has 1 aliphatic rings. The summed E-state index contributed by atoms with van der Waals surface area (Å²) < 4.78 is 14.1. The molecule has 0 aliphatic carbocycles. The summed E-state index contributed by atoms with van der Waals surface area (Å²) in [6, 6.07) is 7.81. The Balaban J connectivity index is 2.56. The number of hydrogen-bond acceptors (Lipinski definition) is 7. The van der Waals surface area contributed by atoms with Crippen molar-refractivity contribution in [3.63, 3.8) is 0 Å². The summed E-state index contributed by atoms with van der Waals surface area (Å²) in [7, 11) is 3.49. The average Bonchev–Trinajstić information content (AvgIpc) is 2.93. The topological polar surface area (TPSA) is 99.2 Å². The molecule has 0 saturated carbocycles. The van der Waals surface area contributed by atoms with Gasteiger partial charge in [-0.05, 0) is 5.56 Å². The summed E-state index contributed by atoms with van der Waals surface area (Å²) in [6.45, 7) is -0.393. The standard InChI is InChI=1S/C17H19NO7/c1-23-11(19)9-18-14(10-7-5-4-6-8-10)12(16(21)24-2)13(15(18)20)17(22)25-3/h4-8,12-14H,9H2,1-3H3. The van der Waals surface area contributed by atoms with Crippen LogP contribution in [0.3, 0.4) is 0 Å². The van der Waals surface area contributed by atoms with E-state index >= 15 is 0 Å². The van der Waals surface area contributed by atoms with Gasteiger partial charge in [0.25, 0.3) is 0 Å². The first-order chi connectivity index (χ1) is 12.0. The number of methoxy groups -OCH3 is 3. The number of likely N-dealkylation sites (tertiary alicyclic amines) is 1. The van der Waals surface area contributed by atoms with Crippen LogP contribution < -0.4 is 0 Å². The van der Waals surface area contributed by atoms with Gasteiger partial charge in [-0.2, -0.15) is 0 Å². The van der Waals surface area contributed by atoms with Crippen LogP contribution in [-0.4, -0.2) is 56.6 Å². The van der Waals surface area contributed by atoms with Crippen molar-refractivity contribution < 1.29 is 33.4 Å². The van der Waals surface area contributed by atoms with Gasteiger partial charge in [0.15, 0.2) is 5.92 Å². The maximum atomic E-state index is 12.8. The predicted molar refractivity (Wildman–Crippen MR) is 83.9 cm³/mol. The molecular weight excluding hydrogens is 330 g/mol. The second kappa shape index (κ2) is 7.78. The van der Waals surface area contributed by atoms with Crippen molar-refractivity contribution in [1.29, 1.82) is 0 Å². The summed E-state index contributed by atoms with van der Waals surface area (Å²) in [6.07, 6.45) is 0. The molecule has 8 heteroatoms. The Morgan fingerprint density at radius 3 is 2.08 bits per heavy atom. The largest absolute Gasteiger partial charge is 0.469 e. The van der Waals surface area contributed by atoms with Gasteiger partial charge in [-0.3, -0.25) is 19.2 Å². The molecule has 2 rings (SSSR count). The molecule has 1 aliphatic heterocycles. The predicted octanol–water partition coefficient (Wildman–Crippen LogP) is 0.321. The van der Waals surface area contributed by atoms with Crippen LogP contribution in [0.1, 0.15) is 11.6 Å². The Morgan fingerprint density at radius 1 is 0.960 bits per heavy atom. The first-order valence-electron chi connectivity index (χ1n) is 7.54. The fourth-order valence-electron chi connectivity index (χ4n) is 3.04. The highest BCUT2D eigenvalue weighted by Gasteiger charge is 2.57. The van der Waals surface area contributed by atoms with Crippen molar-refractivity contribution in [2.45, 2.75) is 6.04 Å². The van der Waals surface area contributed by atoms with Crippen LogP contribution in [0, 0.1) is 11.8 Å². The van der Waals surface area contributed by atoms with E-state index in [1.54, 1.807) is 30.3 Å². The van der Waals surface area contributed by atoms with Crippen molar-refractivity contribution >= 4 is 23.8 Å². The summed E-state index contributed by atoms with van der Waals surface area (Å²) in [5, 5.41) is 0. The molecule has 3 unspecified atom stereocenters.